The van der Waals surface area contributed by atoms with E-state index in [1.54, 1.807) is 0 Å². The molecule has 0 fully saturated rings. The van der Waals surface area contributed by atoms with Gasteiger partial charge in [-0.15, -0.1) is 0 Å². The van der Waals surface area contributed by atoms with Crippen LogP contribution >= 0.6 is 0 Å². The van der Waals surface area contributed by atoms with E-state index in [2.05, 4.69) is 0 Å². The first-order valence-corrected chi connectivity index (χ1v) is 1.99. The third-order valence-corrected chi connectivity index (χ3v) is 0. The summed E-state index contributed by atoms with van der Waals surface area (Å²) in [6.07, 6.45) is 0. The van der Waals surface area contributed by atoms with Crippen molar-refractivity contribution in [3.8, 4) is 0 Å². The molecule has 0 unspecified atom stereocenters. The molecule has 21 valence electrons. The Labute approximate surface area is 50.5 Å². The Hall–Kier alpha value is 0.777. The zero-order valence-corrected chi connectivity index (χ0v) is 4.90. The van der Waals surface area contributed by atoms with Crippen LogP contribution in [0.15, 0.2) is 0 Å². The quantitative estimate of drug-likeness (QED) is 0.386. The molecule has 0 aromatic carbocycles. The minimum absolute atomic E-state index is 0.0710. The Morgan fingerprint density at radius 1 is 2.00 bits per heavy atom. The Morgan fingerprint density at radius 3 is 2.00 bits per heavy atom. The summed E-state index contributed by atoms with van der Waals surface area (Å²) in [5, 5.41) is 8.87. The van der Waals surface area contributed by atoms with Gasteiger partial charge in [0.25, 0.3) is 0 Å². The topological polar surface area (TPSA) is 43.1 Å². The summed E-state index contributed by atoms with van der Waals surface area (Å²) in [6, 6.07) is 0. The Kier molecular flexibility index (Phi) is 2.44. The van der Waals surface area contributed by atoms with Gasteiger partial charge in [0, 0.05) is 0 Å². The number of nitro groups is 1. The van der Waals surface area contributed by atoms with Crippen LogP contribution in [-0.2, 0) is 0 Å². The fraction of sp³-hybridized carbons (Fsp3) is 0. The summed E-state index contributed by atoms with van der Waals surface area (Å²) in [4.78, 5) is 8.87. The molecule has 0 aliphatic carbocycles. The van der Waals surface area contributed by atoms with Gasteiger partial charge in [0.2, 0.25) is 0 Å². The zero-order valence-electron chi connectivity index (χ0n) is 1.76. The van der Waals surface area contributed by atoms with E-state index in [9.17, 15) is 0 Å². The second-order valence-electron chi connectivity index (χ2n) is 0.257. The molecule has 0 rings (SSSR count). The first kappa shape index (κ1) is 4.78. The second-order valence-corrected chi connectivity index (χ2v) is 1.40. The van der Waals surface area contributed by atoms with Gasteiger partial charge in [-0.1, -0.05) is 0 Å². The van der Waals surface area contributed by atoms with Gasteiger partial charge in [0.1, 0.15) is 0 Å². The van der Waals surface area contributed by atoms with Gasteiger partial charge in [-0.25, -0.2) is 0 Å². The molecule has 0 saturated heterocycles. The summed E-state index contributed by atoms with van der Waals surface area (Å²) >= 11 is 0.0710. The van der Waals surface area contributed by atoms with Crippen LogP contribution in [0.25, 0.3) is 0 Å². The molecule has 0 bridgehead atoms. The third kappa shape index (κ3) is 14.5. The van der Waals surface area contributed by atoms with E-state index in [0.717, 1.165) is 0 Å². The fourth-order valence-electron chi connectivity index (χ4n) is 0. The molecule has 3 nitrogen and oxygen atoms in total. The number of rotatable bonds is 0. The normalized spacial score (nSPS) is 5.75. The summed E-state index contributed by atoms with van der Waals surface area (Å²) in [7, 11) is 0. The summed E-state index contributed by atoms with van der Waals surface area (Å²) in [5.41, 5.74) is 0. The SMILES string of the molecule is O=[N+]([O-])[Ce]. The molecule has 0 aromatic heterocycles. The Bertz CT molecular complexity index is 29.0. The molecule has 0 atom stereocenters. The number of hydrogen-bond donors (Lipinski definition) is 0. The van der Waals surface area contributed by atoms with Crippen LogP contribution in [0.3, 0.4) is 0 Å². The molecular weight excluding hydrogens is 186 g/mol. The molecule has 4 heavy (non-hydrogen) atoms. The van der Waals surface area contributed by atoms with E-state index in [1.165, 1.54) is 0 Å². The van der Waals surface area contributed by atoms with Crippen LogP contribution in [0.5, 0.6) is 0 Å². The van der Waals surface area contributed by atoms with Gasteiger partial charge < -0.3 is 0 Å². The molecule has 0 radical (unpaired) electrons. The maximum absolute atomic E-state index is 8.87. The van der Waals surface area contributed by atoms with E-state index in [1.807, 2.05) is 0 Å². The standard InChI is InChI=1S/Ce.NO2/c;2-1-3. The molecule has 0 amide bonds. The van der Waals surface area contributed by atoms with Gasteiger partial charge >= 0.3 is 51.0 Å². The third-order valence-electron chi connectivity index (χ3n) is 0. The summed E-state index contributed by atoms with van der Waals surface area (Å²) in [5.74, 6) is 0. The van der Waals surface area contributed by atoms with Crippen molar-refractivity contribution < 1.29 is 40.9 Å². The van der Waals surface area contributed by atoms with Crippen LogP contribution < -0.4 is 0 Å². The first-order chi connectivity index (χ1) is 1.73. The van der Waals surface area contributed by atoms with Crippen molar-refractivity contribution in [2.45, 2.75) is 0 Å². The van der Waals surface area contributed by atoms with Crippen molar-refractivity contribution in [3.05, 3.63) is 10.1 Å². The number of nitrogens with zero attached hydrogens (tertiary/aromatic N) is 1. The van der Waals surface area contributed by atoms with Crippen LogP contribution in [0.1, 0.15) is 0 Å². The van der Waals surface area contributed by atoms with Crippen molar-refractivity contribution in [2.24, 2.45) is 0 Å². The zero-order chi connectivity index (χ0) is 3.58. The van der Waals surface area contributed by atoms with E-state index >= 15 is 0 Å². The van der Waals surface area contributed by atoms with E-state index in [0.29, 0.717) is 0 Å². The molecule has 0 aliphatic rings. The monoisotopic (exact) mass is 186 g/mol. The average molecular weight is 186 g/mol. The van der Waals surface area contributed by atoms with Crippen molar-refractivity contribution >= 4 is 0 Å². The summed E-state index contributed by atoms with van der Waals surface area (Å²) < 4.78 is -0.361. The van der Waals surface area contributed by atoms with E-state index < -0.39 is 0 Å². The van der Waals surface area contributed by atoms with Crippen LogP contribution in [0.2, 0.25) is 0 Å². The van der Waals surface area contributed by atoms with E-state index in [-0.39, 0.29) is 40.9 Å². The molecular formula is CeNO2. The van der Waals surface area contributed by atoms with Crippen molar-refractivity contribution in [2.75, 3.05) is 0 Å². The molecule has 0 spiro atoms. The predicted molar refractivity (Wildman–Crippen MR) is 6.99 cm³/mol. The van der Waals surface area contributed by atoms with Crippen molar-refractivity contribution in [1.29, 1.82) is 0 Å². The Morgan fingerprint density at radius 2 is 2.00 bits per heavy atom. The van der Waals surface area contributed by atoms with Crippen LogP contribution in [0, 0.1) is 50.2 Å². The van der Waals surface area contributed by atoms with Crippen molar-refractivity contribution in [3.63, 3.8) is 0 Å². The van der Waals surface area contributed by atoms with Gasteiger partial charge in [0.15, 0.2) is 0 Å². The molecule has 4 heteroatoms. The Balaban J connectivity index is 2.80. The van der Waals surface area contributed by atoms with Gasteiger partial charge in [-0.3, -0.25) is 0 Å². The van der Waals surface area contributed by atoms with Crippen molar-refractivity contribution in [1.82, 2.24) is 0 Å². The van der Waals surface area contributed by atoms with Gasteiger partial charge in [0.05, 0.1) is 0 Å². The minimum atomic E-state index is -0.361. The first-order valence-electron chi connectivity index (χ1n) is 0.589. The van der Waals surface area contributed by atoms with Crippen LogP contribution in [0.4, 0.5) is 0 Å². The molecule has 0 saturated carbocycles. The molecule has 0 heterocycles. The number of hydrogen-bond acceptors (Lipinski definition) is 2. The van der Waals surface area contributed by atoms with E-state index in [4.69, 9.17) is 10.1 Å². The fourth-order valence-corrected chi connectivity index (χ4v) is 0. The second kappa shape index (κ2) is 2.04. The molecule has 0 N–H and O–H groups in total. The van der Waals surface area contributed by atoms with Crippen LogP contribution in [-0.4, -0.2) is 0.886 Å². The maximum atomic E-state index is 8.87. The molecule has 0 aliphatic heterocycles. The average Bonchev–Trinajstić information content (AvgIpc) is 0.811. The predicted octanol–water partition coefficient (Wildman–Crippen LogP) is -0.273. The van der Waals surface area contributed by atoms with Gasteiger partial charge in [-0.2, -0.15) is 0 Å². The van der Waals surface area contributed by atoms with Gasteiger partial charge in [-0.05, 0) is 0 Å². The summed E-state index contributed by atoms with van der Waals surface area (Å²) in [6.45, 7) is 0. The molecule has 0 aromatic rings.